The molecule has 6 heteroatoms. The quantitative estimate of drug-likeness (QED) is 0.569. The van der Waals surface area contributed by atoms with E-state index in [1.54, 1.807) is 25.4 Å². The lowest BCUT2D eigenvalue weighted by molar-refractivity contribution is 0.0528. The van der Waals surface area contributed by atoms with Gasteiger partial charge >= 0.3 is 5.97 Å². The monoisotopic (exact) mass is 344 g/mol. The van der Waals surface area contributed by atoms with Crippen molar-refractivity contribution in [2.45, 2.75) is 6.92 Å². The van der Waals surface area contributed by atoms with E-state index in [9.17, 15) is 4.79 Å². The van der Waals surface area contributed by atoms with Crippen molar-refractivity contribution >= 4 is 17.0 Å². The van der Waals surface area contributed by atoms with Gasteiger partial charge in [-0.1, -0.05) is 30.3 Å². The maximum Gasteiger partial charge on any atom is 0.339 e. The maximum atomic E-state index is 12.6. The number of H-pyrrole nitrogens is 1. The normalized spacial score (nSPS) is 10.8. The summed E-state index contributed by atoms with van der Waals surface area (Å²) in [5, 5.41) is 7.99. The van der Waals surface area contributed by atoms with Gasteiger partial charge in [0.25, 0.3) is 0 Å². The van der Waals surface area contributed by atoms with Gasteiger partial charge in [-0.15, -0.1) is 0 Å². The number of benzene rings is 1. The number of rotatable bonds is 4. The number of carbonyl (C=O) groups excluding carboxylic acids is 1. The SMILES string of the molecule is CCOC(=O)c1cc(-c2cccnc2)nc2n[nH]c(-c3ccccc3)c12. The van der Waals surface area contributed by atoms with Crippen molar-refractivity contribution in [1.29, 1.82) is 0 Å². The number of esters is 1. The number of nitrogens with one attached hydrogen (secondary N) is 1. The highest BCUT2D eigenvalue weighted by Gasteiger charge is 2.21. The van der Waals surface area contributed by atoms with Gasteiger partial charge in [-0.3, -0.25) is 10.1 Å². The van der Waals surface area contributed by atoms with Gasteiger partial charge < -0.3 is 4.74 Å². The Labute approximate surface area is 149 Å². The van der Waals surface area contributed by atoms with Crippen LogP contribution in [0.3, 0.4) is 0 Å². The summed E-state index contributed by atoms with van der Waals surface area (Å²) in [5.41, 5.74) is 4.01. The third kappa shape index (κ3) is 2.82. The van der Waals surface area contributed by atoms with Crippen molar-refractivity contribution in [1.82, 2.24) is 20.2 Å². The minimum absolute atomic E-state index is 0.295. The molecule has 0 aliphatic rings. The highest BCUT2D eigenvalue weighted by atomic mass is 16.5. The molecule has 1 N–H and O–H groups in total. The number of carbonyl (C=O) groups is 1. The van der Waals surface area contributed by atoms with Gasteiger partial charge in [0.1, 0.15) is 0 Å². The number of pyridine rings is 2. The molecular weight excluding hydrogens is 328 g/mol. The Bertz CT molecular complexity index is 1060. The molecule has 0 aliphatic heterocycles. The van der Waals surface area contributed by atoms with Crippen LogP contribution in [0.25, 0.3) is 33.5 Å². The zero-order valence-corrected chi connectivity index (χ0v) is 14.1. The Kier molecular flexibility index (Phi) is 4.15. The highest BCUT2D eigenvalue weighted by Crippen LogP contribution is 2.31. The molecule has 0 bridgehead atoms. The lowest BCUT2D eigenvalue weighted by Gasteiger charge is -2.08. The molecule has 3 heterocycles. The number of fused-ring (bicyclic) bond motifs is 1. The van der Waals surface area contributed by atoms with E-state index in [0.717, 1.165) is 16.8 Å². The first-order chi connectivity index (χ1) is 12.8. The molecule has 26 heavy (non-hydrogen) atoms. The first kappa shape index (κ1) is 16.0. The van der Waals surface area contributed by atoms with Gasteiger partial charge in [-0.25, -0.2) is 9.78 Å². The van der Waals surface area contributed by atoms with Crippen LogP contribution in [0.4, 0.5) is 0 Å². The van der Waals surface area contributed by atoms with E-state index < -0.39 is 5.97 Å². The van der Waals surface area contributed by atoms with Crippen molar-refractivity contribution in [3.63, 3.8) is 0 Å². The number of aromatic nitrogens is 4. The van der Waals surface area contributed by atoms with Crippen molar-refractivity contribution in [2.24, 2.45) is 0 Å². The van der Waals surface area contributed by atoms with Crippen LogP contribution >= 0.6 is 0 Å². The van der Waals surface area contributed by atoms with Gasteiger partial charge in [0.05, 0.1) is 28.9 Å². The molecule has 0 amide bonds. The zero-order chi connectivity index (χ0) is 17.9. The lowest BCUT2D eigenvalue weighted by Crippen LogP contribution is -2.06. The summed E-state index contributed by atoms with van der Waals surface area (Å²) in [7, 11) is 0. The number of ether oxygens (including phenoxy) is 1. The molecule has 4 rings (SSSR count). The second-order valence-corrected chi connectivity index (χ2v) is 5.68. The van der Waals surface area contributed by atoms with Gasteiger partial charge in [-0.2, -0.15) is 5.10 Å². The summed E-state index contributed by atoms with van der Waals surface area (Å²) >= 11 is 0. The molecule has 0 saturated carbocycles. The van der Waals surface area contributed by atoms with E-state index >= 15 is 0 Å². The fourth-order valence-corrected chi connectivity index (χ4v) is 2.87. The van der Waals surface area contributed by atoms with Crippen LogP contribution in [-0.2, 0) is 4.74 Å². The van der Waals surface area contributed by atoms with Gasteiger partial charge in [0.15, 0.2) is 5.65 Å². The molecule has 0 aliphatic carbocycles. The van der Waals surface area contributed by atoms with E-state index in [1.807, 2.05) is 42.5 Å². The molecule has 0 atom stereocenters. The standard InChI is InChI=1S/C20H16N4O2/c1-2-26-20(25)15-11-16(14-9-6-10-21-12-14)22-19-17(15)18(23-24-19)13-7-4-3-5-8-13/h3-12H,2H2,1H3,(H,22,23,24). The average molecular weight is 344 g/mol. The van der Waals surface area contributed by atoms with Crippen LogP contribution in [0.2, 0.25) is 0 Å². The van der Waals surface area contributed by atoms with E-state index in [4.69, 9.17) is 4.74 Å². The van der Waals surface area contributed by atoms with Crippen LogP contribution in [-0.4, -0.2) is 32.7 Å². The van der Waals surface area contributed by atoms with Crippen molar-refractivity contribution in [2.75, 3.05) is 6.61 Å². The van der Waals surface area contributed by atoms with Gasteiger partial charge in [0.2, 0.25) is 0 Å². The second kappa shape index (κ2) is 6.76. The Morgan fingerprint density at radius 2 is 1.92 bits per heavy atom. The Balaban J connectivity index is 1.97. The number of hydrogen-bond donors (Lipinski definition) is 1. The predicted octanol–water partition coefficient (Wildman–Crippen LogP) is 3.86. The number of nitrogens with zero attached hydrogens (tertiary/aromatic N) is 3. The molecule has 4 aromatic rings. The molecule has 0 fully saturated rings. The maximum absolute atomic E-state index is 12.6. The molecule has 0 unspecified atom stereocenters. The van der Waals surface area contributed by atoms with E-state index in [0.29, 0.717) is 28.9 Å². The largest absolute Gasteiger partial charge is 0.462 e. The highest BCUT2D eigenvalue weighted by molar-refractivity contribution is 6.08. The third-order valence-electron chi connectivity index (χ3n) is 4.04. The summed E-state index contributed by atoms with van der Waals surface area (Å²) in [5.74, 6) is -0.399. The minimum atomic E-state index is -0.399. The molecule has 0 radical (unpaired) electrons. The summed E-state index contributed by atoms with van der Waals surface area (Å²) < 4.78 is 5.26. The Morgan fingerprint density at radius 3 is 2.65 bits per heavy atom. The topological polar surface area (TPSA) is 80.8 Å². The molecule has 1 aromatic carbocycles. The number of aromatic amines is 1. The molecule has 0 saturated heterocycles. The van der Waals surface area contributed by atoms with E-state index in [-0.39, 0.29) is 0 Å². The van der Waals surface area contributed by atoms with Crippen LogP contribution in [0.15, 0.2) is 60.9 Å². The van der Waals surface area contributed by atoms with Crippen molar-refractivity contribution in [3.8, 4) is 22.5 Å². The second-order valence-electron chi connectivity index (χ2n) is 5.68. The fraction of sp³-hybridized carbons (Fsp3) is 0.100. The molecular formula is C20H16N4O2. The minimum Gasteiger partial charge on any atom is -0.462 e. The predicted molar refractivity (Wildman–Crippen MR) is 98.5 cm³/mol. The van der Waals surface area contributed by atoms with E-state index in [1.165, 1.54) is 0 Å². The summed E-state index contributed by atoms with van der Waals surface area (Å²) in [4.78, 5) is 21.3. The van der Waals surface area contributed by atoms with Gasteiger partial charge in [0, 0.05) is 23.5 Å². The van der Waals surface area contributed by atoms with Gasteiger partial charge in [-0.05, 0) is 25.1 Å². The molecule has 0 spiro atoms. The first-order valence-electron chi connectivity index (χ1n) is 8.30. The molecule has 6 nitrogen and oxygen atoms in total. The first-order valence-corrected chi connectivity index (χ1v) is 8.30. The summed E-state index contributed by atoms with van der Waals surface area (Å²) in [6, 6.07) is 15.2. The smallest absolute Gasteiger partial charge is 0.339 e. The van der Waals surface area contributed by atoms with Crippen molar-refractivity contribution < 1.29 is 9.53 Å². The fourth-order valence-electron chi connectivity index (χ4n) is 2.87. The third-order valence-corrected chi connectivity index (χ3v) is 4.04. The molecule has 128 valence electrons. The summed E-state index contributed by atoms with van der Waals surface area (Å²) in [6.45, 7) is 2.08. The Morgan fingerprint density at radius 1 is 1.12 bits per heavy atom. The van der Waals surface area contributed by atoms with Crippen LogP contribution in [0.1, 0.15) is 17.3 Å². The van der Waals surface area contributed by atoms with E-state index in [2.05, 4.69) is 20.2 Å². The van der Waals surface area contributed by atoms with Crippen LogP contribution < -0.4 is 0 Å². The van der Waals surface area contributed by atoms with Crippen LogP contribution in [0.5, 0.6) is 0 Å². The average Bonchev–Trinajstić information content (AvgIpc) is 3.13. The molecule has 3 aromatic heterocycles. The Hall–Kier alpha value is -3.54. The lowest BCUT2D eigenvalue weighted by atomic mass is 10.0. The number of hydrogen-bond acceptors (Lipinski definition) is 5. The zero-order valence-electron chi connectivity index (χ0n) is 14.1. The van der Waals surface area contributed by atoms with Crippen molar-refractivity contribution in [3.05, 3.63) is 66.5 Å². The van der Waals surface area contributed by atoms with Crippen LogP contribution in [0, 0.1) is 0 Å². The summed E-state index contributed by atoms with van der Waals surface area (Å²) in [6.07, 6.45) is 3.39.